The maximum Gasteiger partial charge on any atom is 0.240 e. The van der Waals surface area contributed by atoms with E-state index in [1.807, 2.05) is 6.01 Å². The molecule has 0 radical (unpaired) electrons. The predicted molar refractivity (Wildman–Crippen MR) is 29.7 cm³/mol. The zero-order valence-corrected chi connectivity index (χ0v) is 4.64. The summed E-state index contributed by atoms with van der Waals surface area (Å²) in [7, 11) is 0. The molecule has 0 amide bonds. The van der Waals surface area contributed by atoms with Gasteiger partial charge in [0.05, 0.1) is 6.01 Å². The number of rotatable bonds is 1. The Hall–Kier alpha value is -1.06. The van der Waals surface area contributed by atoms with Gasteiger partial charge in [0.15, 0.2) is 0 Å². The summed E-state index contributed by atoms with van der Waals surface area (Å²) in [5.41, 5.74) is 1.55. The van der Waals surface area contributed by atoms with Crippen molar-refractivity contribution in [1.29, 1.82) is 5.41 Å². The Balaban J connectivity index is 2.93. The topological polar surface area (TPSA) is 62.0 Å². The molecule has 0 fully saturated rings. The molecule has 0 atom stereocenters. The Morgan fingerprint density at radius 3 is 3.25 bits per heavy atom. The summed E-state index contributed by atoms with van der Waals surface area (Å²) in [6, 6.07) is 1.85. The molecule has 1 N–H and O–H groups in total. The Labute approximate surface area is 49.4 Å². The Morgan fingerprint density at radius 2 is 2.75 bits per heavy atom. The number of hydrogen-bond acceptors (Lipinski definition) is 5. The average Bonchev–Trinajstić information content (AvgIpc) is 2.19. The minimum atomic E-state index is 0.472. The minimum absolute atomic E-state index is 0.472. The van der Waals surface area contributed by atoms with Crippen LogP contribution in [0.1, 0.15) is 0 Å². The molecular weight excluding hydrogens is 124 g/mol. The van der Waals surface area contributed by atoms with E-state index >= 15 is 0 Å². The van der Waals surface area contributed by atoms with E-state index < -0.39 is 0 Å². The molecule has 0 bridgehead atoms. The standard InChI is InChI=1S/C3H2N4S/c4-1-5-3-7-6-2-8-3/h2,4H. The Bertz CT molecular complexity index is 197. The van der Waals surface area contributed by atoms with Gasteiger partial charge >= 0.3 is 0 Å². The van der Waals surface area contributed by atoms with Gasteiger partial charge in [0.25, 0.3) is 0 Å². The molecule has 1 rings (SSSR count). The van der Waals surface area contributed by atoms with Gasteiger partial charge in [0.1, 0.15) is 5.51 Å². The van der Waals surface area contributed by atoms with Gasteiger partial charge in [0, 0.05) is 0 Å². The van der Waals surface area contributed by atoms with Gasteiger partial charge in [-0.25, -0.2) is 5.41 Å². The fourth-order valence-electron chi connectivity index (χ4n) is 0.264. The molecule has 0 unspecified atom stereocenters. The monoisotopic (exact) mass is 126 g/mol. The summed E-state index contributed by atoms with van der Waals surface area (Å²) in [5.74, 6) is 0. The summed E-state index contributed by atoms with van der Waals surface area (Å²) in [5, 5.41) is 13.9. The lowest BCUT2D eigenvalue weighted by Crippen LogP contribution is -1.60. The molecule has 0 aliphatic carbocycles. The molecule has 0 spiro atoms. The fraction of sp³-hybridized carbons (Fsp3) is 0. The molecule has 1 aromatic rings. The fourth-order valence-corrected chi connectivity index (χ4v) is 0.645. The third kappa shape index (κ3) is 0.959. The van der Waals surface area contributed by atoms with Gasteiger partial charge in [-0.15, -0.1) is 10.2 Å². The van der Waals surface area contributed by atoms with Crippen LogP contribution in [0.5, 0.6) is 0 Å². The lowest BCUT2D eigenvalue weighted by molar-refractivity contribution is 1.08. The predicted octanol–water partition coefficient (Wildman–Crippen LogP) is 0.922. The molecule has 0 aromatic carbocycles. The highest BCUT2D eigenvalue weighted by Gasteiger charge is 1.86. The van der Waals surface area contributed by atoms with Crippen LogP contribution in [0.15, 0.2) is 10.5 Å². The summed E-state index contributed by atoms with van der Waals surface area (Å²) < 4.78 is 0. The van der Waals surface area contributed by atoms with E-state index in [0.29, 0.717) is 5.13 Å². The van der Waals surface area contributed by atoms with E-state index in [0.717, 1.165) is 0 Å². The first kappa shape index (κ1) is 5.08. The lowest BCUT2D eigenvalue weighted by atomic mass is 11.2. The van der Waals surface area contributed by atoms with Gasteiger partial charge in [-0.1, -0.05) is 11.3 Å². The summed E-state index contributed by atoms with van der Waals surface area (Å²) in [4.78, 5) is 3.43. The molecule has 4 nitrogen and oxygen atoms in total. The van der Waals surface area contributed by atoms with Crippen LogP contribution in [-0.4, -0.2) is 16.2 Å². The van der Waals surface area contributed by atoms with E-state index in [2.05, 4.69) is 15.2 Å². The van der Waals surface area contributed by atoms with Crippen LogP contribution in [0.3, 0.4) is 0 Å². The second-order valence-corrected chi connectivity index (χ2v) is 1.76. The first-order valence-corrected chi connectivity index (χ1v) is 2.70. The number of nitrogens with zero attached hydrogens (tertiary/aromatic N) is 3. The number of hydrogen-bond donors (Lipinski definition) is 1. The highest BCUT2D eigenvalue weighted by atomic mass is 32.1. The zero-order valence-electron chi connectivity index (χ0n) is 3.83. The zero-order chi connectivity index (χ0) is 5.82. The third-order valence-electron chi connectivity index (χ3n) is 0.500. The average molecular weight is 126 g/mol. The summed E-state index contributed by atoms with van der Waals surface area (Å²) >= 11 is 1.28. The van der Waals surface area contributed by atoms with E-state index in [1.54, 1.807) is 5.51 Å². The first-order chi connectivity index (χ1) is 3.93. The SMILES string of the molecule is N=C=Nc1nncs1. The summed E-state index contributed by atoms with van der Waals surface area (Å²) in [6.45, 7) is 0. The highest BCUT2D eigenvalue weighted by Crippen LogP contribution is 2.10. The van der Waals surface area contributed by atoms with Crippen molar-refractivity contribution in [3.63, 3.8) is 0 Å². The van der Waals surface area contributed by atoms with Gasteiger partial charge in [-0.05, 0) is 0 Å². The summed E-state index contributed by atoms with van der Waals surface area (Å²) in [6.07, 6.45) is 0. The van der Waals surface area contributed by atoms with Crippen LogP contribution in [0, 0.1) is 5.41 Å². The normalized spacial score (nSPS) is 8.00. The lowest BCUT2D eigenvalue weighted by Gasteiger charge is -1.66. The molecule has 0 aliphatic heterocycles. The van der Waals surface area contributed by atoms with Crippen molar-refractivity contribution in [3.8, 4) is 0 Å². The molecule has 8 heavy (non-hydrogen) atoms. The highest BCUT2D eigenvalue weighted by molar-refractivity contribution is 7.13. The number of aliphatic imine (C=N–C) groups is 1. The minimum Gasteiger partial charge on any atom is -0.241 e. The molecular formula is C3H2N4S. The molecule has 0 saturated heterocycles. The third-order valence-corrected chi connectivity index (χ3v) is 1.08. The van der Waals surface area contributed by atoms with Crippen LogP contribution in [0.25, 0.3) is 0 Å². The molecule has 5 heteroatoms. The second-order valence-electron chi connectivity index (χ2n) is 0.945. The molecule has 1 heterocycles. The van der Waals surface area contributed by atoms with Gasteiger partial charge in [-0.2, -0.15) is 4.99 Å². The van der Waals surface area contributed by atoms with Crippen molar-refractivity contribution in [2.75, 3.05) is 0 Å². The Morgan fingerprint density at radius 1 is 1.88 bits per heavy atom. The maximum absolute atomic E-state index is 6.40. The van der Waals surface area contributed by atoms with Crippen LogP contribution >= 0.6 is 11.3 Å². The molecule has 0 aliphatic rings. The van der Waals surface area contributed by atoms with Gasteiger partial charge in [0.2, 0.25) is 5.13 Å². The van der Waals surface area contributed by atoms with Crippen molar-refractivity contribution in [2.24, 2.45) is 4.99 Å². The second kappa shape index (κ2) is 2.30. The van der Waals surface area contributed by atoms with E-state index in [-0.39, 0.29) is 0 Å². The van der Waals surface area contributed by atoms with Crippen LogP contribution in [-0.2, 0) is 0 Å². The largest absolute Gasteiger partial charge is 0.241 e. The molecule has 1 aromatic heterocycles. The quantitative estimate of drug-likeness (QED) is 0.569. The molecule has 0 saturated carbocycles. The maximum atomic E-state index is 6.40. The van der Waals surface area contributed by atoms with Crippen LogP contribution in [0.2, 0.25) is 0 Å². The van der Waals surface area contributed by atoms with Crippen molar-refractivity contribution in [2.45, 2.75) is 0 Å². The van der Waals surface area contributed by atoms with Crippen molar-refractivity contribution >= 4 is 22.5 Å². The first-order valence-electron chi connectivity index (χ1n) is 1.82. The van der Waals surface area contributed by atoms with Gasteiger partial charge in [-0.3, -0.25) is 0 Å². The van der Waals surface area contributed by atoms with Crippen molar-refractivity contribution in [1.82, 2.24) is 10.2 Å². The van der Waals surface area contributed by atoms with Crippen LogP contribution in [0.4, 0.5) is 5.13 Å². The van der Waals surface area contributed by atoms with Crippen molar-refractivity contribution in [3.05, 3.63) is 5.51 Å². The number of aromatic nitrogens is 2. The van der Waals surface area contributed by atoms with Crippen molar-refractivity contribution < 1.29 is 0 Å². The molecule has 40 valence electrons. The number of nitrogens with one attached hydrogen (secondary N) is 1. The van der Waals surface area contributed by atoms with Gasteiger partial charge < -0.3 is 0 Å². The smallest absolute Gasteiger partial charge is 0.240 e. The van der Waals surface area contributed by atoms with E-state index in [9.17, 15) is 0 Å². The Kier molecular flexibility index (Phi) is 1.46. The van der Waals surface area contributed by atoms with E-state index in [1.165, 1.54) is 11.3 Å². The van der Waals surface area contributed by atoms with Crippen LogP contribution < -0.4 is 0 Å². The van der Waals surface area contributed by atoms with E-state index in [4.69, 9.17) is 5.41 Å².